The Hall–Kier alpha value is -0.320. The number of fused-ring (bicyclic) bond motifs is 5. The fourth-order valence-electron chi connectivity index (χ4n) is 11.8. The minimum absolute atomic E-state index is 0. The van der Waals surface area contributed by atoms with E-state index in [0.717, 1.165) is 25.7 Å². The van der Waals surface area contributed by atoms with Gasteiger partial charge in [0.1, 0.15) is 42.7 Å². The summed E-state index contributed by atoms with van der Waals surface area (Å²) in [6.07, 6.45) is -9.01. The molecule has 0 unspecified atom stereocenters. The Morgan fingerprint density at radius 3 is 2.32 bits per heavy atom. The molecule has 7 aliphatic rings. The van der Waals surface area contributed by atoms with Crippen LogP contribution >= 0.6 is 0 Å². The number of hydrogen-bond acceptors (Lipinski definition) is 15. The number of aliphatic hydroxyl groups excluding tert-OH is 5. The SMILES string of the molecule is CC(C)C[C@@H]1O[C@H]1[C@@H](C)[C@H]1CC[C@H]2[C@@H]3C[C@H](OS(=O)(=O)O)[C@H]4C[C@@H](O[C@@H]5O[C@H](C(=O)[O-])[C@@H](O)[C@H](O)[C@H]5O[C@@H]5OC[C@H](O)[C@H](O)[C@H]5O)CC[C@]4(C)C3=CC[C@]12C.[Na+]. The summed E-state index contributed by atoms with van der Waals surface area (Å²) in [4.78, 5) is 11.9. The number of rotatable bonds is 11. The molecule has 3 aliphatic heterocycles. The summed E-state index contributed by atoms with van der Waals surface area (Å²) in [5.74, 6) is -0.597. The largest absolute Gasteiger partial charge is 1.00 e. The molecule has 18 heteroatoms. The summed E-state index contributed by atoms with van der Waals surface area (Å²) in [6.45, 7) is 10.8. The molecule has 4 aliphatic carbocycles. The summed E-state index contributed by atoms with van der Waals surface area (Å²) in [5.41, 5.74) is 0.706. The quantitative estimate of drug-likeness (QED) is 0.0405. The van der Waals surface area contributed by atoms with Gasteiger partial charge >= 0.3 is 40.0 Å². The van der Waals surface area contributed by atoms with Gasteiger partial charge in [0.25, 0.3) is 0 Å². The Morgan fingerprint density at radius 2 is 1.66 bits per heavy atom. The van der Waals surface area contributed by atoms with Crippen LogP contribution in [-0.4, -0.2) is 131 Å². The second-order valence-corrected chi connectivity index (χ2v) is 19.4. The third-order valence-electron chi connectivity index (χ3n) is 14.6. The molecule has 0 radical (unpaired) electrons. The van der Waals surface area contributed by atoms with Gasteiger partial charge in [-0.1, -0.05) is 46.3 Å². The topological polar surface area (TPSA) is 254 Å². The molecule has 3 heterocycles. The van der Waals surface area contributed by atoms with Gasteiger partial charge in [0.05, 0.1) is 37.0 Å². The van der Waals surface area contributed by atoms with Gasteiger partial charge in [0.2, 0.25) is 0 Å². The Balaban J connectivity index is 0.00000532. The molecular weight excluding hydrogens is 767 g/mol. The van der Waals surface area contributed by atoms with Crippen molar-refractivity contribution in [1.82, 2.24) is 0 Å². The summed E-state index contributed by atoms with van der Waals surface area (Å²) in [6, 6.07) is 0. The first-order chi connectivity index (χ1) is 25.7. The van der Waals surface area contributed by atoms with Crippen molar-refractivity contribution in [1.29, 1.82) is 0 Å². The maximum Gasteiger partial charge on any atom is 1.00 e. The van der Waals surface area contributed by atoms with Gasteiger partial charge in [-0.25, -0.2) is 4.18 Å². The predicted molar refractivity (Wildman–Crippen MR) is 187 cm³/mol. The molecule has 20 atom stereocenters. The van der Waals surface area contributed by atoms with Crippen LogP contribution in [-0.2, 0) is 43.1 Å². The van der Waals surface area contributed by atoms with E-state index in [2.05, 4.69) is 40.7 Å². The van der Waals surface area contributed by atoms with Crippen molar-refractivity contribution >= 4 is 16.4 Å². The fraction of sp³-hybridized carbons (Fsp3) is 0.921. The van der Waals surface area contributed by atoms with Crippen LogP contribution in [0.1, 0.15) is 86.0 Å². The number of allylic oxidation sites excluding steroid dienone is 2. The van der Waals surface area contributed by atoms with E-state index in [-0.39, 0.29) is 59.3 Å². The first-order valence-electron chi connectivity index (χ1n) is 19.9. The number of aliphatic hydroxyl groups is 5. The molecular formula is C38H59NaO16S. The van der Waals surface area contributed by atoms with Crippen molar-refractivity contribution in [3.8, 4) is 0 Å². The van der Waals surface area contributed by atoms with Crippen LogP contribution in [0.4, 0.5) is 0 Å². The molecule has 56 heavy (non-hydrogen) atoms. The van der Waals surface area contributed by atoms with Crippen molar-refractivity contribution in [2.75, 3.05) is 6.61 Å². The summed E-state index contributed by atoms with van der Waals surface area (Å²) in [7, 11) is -4.86. The zero-order valence-corrected chi connectivity index (χ0v) is 35.9. The summed E-state index contributed by atoms with van der Waals surface area (Å²) in [5, 5.41) is 64.1. The van der Waals surface area contributed by atoms with Crippen molar-refractivity contribution in [2.45, 2.75) is 166 Å². The standard InChI is InChI=1S/C38H60O16S.Na/c1-16(2)12-26-31(51-26)17(3)20-6-7-21-19-14-25(54-55(46,47)48)23-13-18(8-10-38(23,5)22(19)9-11-37(20,21)4)50-36-33(29(42)28(41)32(52-36)34(44)45)53-35-30(43)27(40)24(39)15-49-35;/h9,16-21,23-33,35-36,39-43H,6-8,10-15H2,1-5H3,(H,44,45)(H,46,47,48);/q;+1/p-1/t17-,18-,19-,20+,21-,23+,24-,25-,26-,27-,28-,29-,30+,31-,32-,33+,35-,36+,37+,38+;/m0./s1. The number of hydrogen-bond donors (Lipinski definition) is 6. The first kappa shape index (κ1) is 45.2. The van der Waals surface area contributed by atoms with E-state index in [9.17, 15) is 48.4 Å². The van der Waals surface area contributed by atoms with Gasteiger partial charge in [0.15, 0.2) is 12.6 Å². The molecule has 3 saturated heterocycles. The van der Waals surface area contributed by atoms with Crippen LogP contribution < -0.4 is 34.7 Å². The van der Waals surface area contributed by atoms with Gasteiger partial charge in [0, 0.05) is 0 Å². The number of carbonyl (C=O) groups is 1. The molecule has 0 bridgehead atoms. The molecule has 314 valence electrons. The monoisotopic (exact) mass is 826 g/mol. The fourth-order valence-corrected chi connectivity index (χ4v) is 12.4. The van der Waals surface area contributed by atoms with Crippen molar-refractivity contribution in [3.05, 3.63) is 11.6 Å². The average molecular weight is 827 g/mol. The third kappa shape index (κ3) is 8.46. The van der Waals surface area contributed by atoms with Gasteiger partial charge in [-0.05, 0) is 97.7 Å². The number of epoxide rings is 1. The van der Waals surface area contributed by atoms with Crippen LogP contribution in [0.2, 0.25) is 0 Å². The molecule has 16 nitrogen and oxygen atoms in total. The Kier molecular flexibility index (Phi) is 13.6. The van der Waals surface area contributed by atoms with E-state index in [1.54, 1.807) is 0 Å². The number of carboxylic acid groups (broad SMARTS) is 1. The first-order valence-corrected chi connectivity index (χ1v) is 21.3. The van der Waals surface area contributed by atoms with Crippen molar-refractivity contribution in [2.24, 2.45) is 46.3 Å². The molecule has 0 aromatic carbocycles. The van der Waals surface area contributed by atoms with E-state index in [1.807, 2.05) is 0 Å². The zero-order chi connectivity index (χ0) is 39.9. The second-order valence-electron chi connectivity index (χ2n) is 18.3. The predicted octanol–water partition coefficient (Wildman–Crippen LogP) is -2.78. The minimum atomic E-state index is -4.86. The third-order valence-corrected chi connectivity index (χ3v) is 15.1. The molecule has 0 amide bonds. The van der Waals surface area contributed by atoms with Crippen LogP contribution in [0.25, 0.3) is 0 Å². The zero-order valence-electron chi connectivity index (χ0n) is 33.1. The Labute approximate surface area is 350 Å². The normalized spacial score (nSPS) is 49.5. The molecule has 3 saturated carbocycles. The summed E-state index contributed by atoms with van der Waals surface area (Å²) < 4.78 is 69.5. The smallest absolute Gasteiger partial charge is 0.547 e. The second kappa shape index (κ2) is 16.9. The van der Waals surface area contributed by atoms with Gasteiger partial charge < -0.3 is 59.1 Å². The number of aliphatic carboxylic acids is 1. The average Bonchev–Trinajstić information content (AvgIpc) is 3.76. The van der Waals surface area contributed by atoms with Crippen LogP contribution in [0.15, 0.2) is 11.6 Å². The van der Waals surface area contributed by atoms with Crippen LogP contribution in [0, 0.1) is 46.3 Å². The maximum absolute atomic E-state index is 12.4. The molecule has 6 fully saturated rings. The van der Waals surface area contributed by atoms with Gasteiger partial charge in [-0.3, -0.25) is 4.55 Å². The van der Waals surface area contributed by atoms with Crippen LogP contribution in [0.3, 0.4) is 0 Å². The Morgan fingerprint density at radius 1 is 0.946 bits per heavy atom. The van der Waals surface area contributed by atoms with Crippen molar-refractivity contribution in [3.63, 3.8) is 0 Å². The molecule has 6 N–H and O–H groups in total. The van der Waals surface area contributed by atoms with E-state index >= 15 is 0 Å². The molecule has 0 spiro atoms. The van der Waals surface area contributed by atoms with Crippen molar-refractivity contribution < 1.29 is 106 Å². The van der Waals surface area contributed by atoms with E-state index < -0.39 is 102 Å². The number of ether oxygens (including phenoxy) is 5. The van der Waals surface area contributed by atoms with Gasteiger partial charge in [-0.15, -0.1) is 0 Å². The van der Waals surface area contributed by atoms with E-state index in [4.69, 9.17) is 27.9 Å². The van der Waals surface area contributed by atoms with E-state index in [1.165, 1.54) is 5.57 Å². The number of carbonyl (C=O) groups excluding carboxylic acids is 1. The summed E-state index contributed by atoms with van der Waals surface area (Å²) >= 11 is 0. The number of carboxylic acids is 1. The van der Waals surface area contributed by atoms with E-state index in [0.29, 0.717) is 43.1 Å². The maximum atomic E-state index is 12.4. The molecule has 0 aromatic rings. The van der Waals surface area contributed by atoms with Gasteiger partial charge in [-0.2, -0.15) is 8.42 Å². The Bertz CT molecular complexity index is 1570. The minimum Gasteiger partial charge on any atom is -0.547 e. The molecule has 0 aromatic heterocycles. The molecule has 7 rings (SSSR count). The van der Waals surface area contributed by atoms with Crippen LogP contribution in [0.5, 0.6) is 0 Å².